The summed E-state index contributed by atoms with van der Waals surface area (Å²) in [4.78, 5) is 28.4. The average molecular weight is 329 g/mol. The Kier molecular flexibility index (Phi) is 4.14. The van der Waals surface area contributed by atoms with E-state index in [0.29, 0.717) is 23.9 Å². The largest absolute Gasteiger partial charge is 0.482 e. The van der Waals surface area contributed by atoms with Crippen LogP contribution in [0.25, 0.3) is 0 Å². The van der Waals surface area contributed by atoms with Gasteiger partial charge in [-0.1, -0.05) is 12.1 Å². The molecule has 1 saturated heterocycles. The second-order valence-electron chi connectivity index (χ2n) is 6.92. The highest BCUT2D eigenvalue weighted by molar-refractivity contribution is 6.02. The SMILES string of the molecule is O=C(CN1C(=O)COc2ccccc21)NC[C@@H]1CCN(C2CC2)C1. The minimum Gasteiger partial charge on any atom is -0.482 e. The molecule has 128 valence electrons. The van der Waals surface area contributed by atoms with Gasteiger partial charge in [-0.05, 0) is 43.9 Å². The smallest absolute Gasteiger partial charge is 0.265 e. The van der Waals surface area contributed by atoms with Crippen LogP contribution in [-0.4, -0.2) is 55.5 Å². The second kappa shape index (κ2) is 6.43. The number of ether oxygens (including phenoxy) is 1. The molecule has 2 amide bonds. The number of hydrogen-bond donors (Lipinski definition) is 1. The van der Waals surface area contributed by atoms with Crippen molar-refractivity contribution in [3.8, 4) is 5.75 Å². The quantitative estimate of drug-likeness (QED) is 0.876. The topological polar surface area (TPSA) is 61.9 Å². The molecule has 0 bridgehead atoms. The average Bonchev–Trinajstić information content (AvgIpc) is 3.34. The van der Waals surface area contributed by atoms with Crippen LogP contribution in [0.1, 0.15) is 19.3 Å². The Labute approximate surface area is 141 Å². The van der Waals surface area contributed by atoms with Crippen molar-refractivity contribution in [2.75, 3.05) is 37.7 Å². The number of carbonyl (C=O) groups excluding carboxylic acids is 2. The third-order valence-electron chi connectivity index (χ3n) is 5.08. The fraction of sp³-hybridized carbons (Fsp3) is 0.556. The van der Waals surface area contributed by atoms with Gasteiger partial charge in [0.25, 0.3) is 5.91 Å². The Morgan fingerprint density at radius 3 is 2.92 bits per heavy atom. The van der Waals surface area contributed by atoms with Gasteiger partial charge in [0.15, 0.2) is 6.61 Å². The number of rotatable bonds is 5. The number of nitrogens with zero attached hydrogens (tertiary/aromatic N) is 2. The molecule has 2 aliphatic heterocycles. The Bertz CT molecular complexity index is 644. The summed E-state index contributed by atoms with van der Waals surface area (Å²) in [6.07, 6.45) is 3.81. The van der Waals surface area contributed by atoms with Gasteiger partial charge in [0.05, 0.1) is 5.69 Å². The number of nitrogens with one attached hydrogen (secondary N) is 1. The minimum absolute atomic E-state index is 0.0106. The first-order chi connectivity index (χ1) is 11.7. The highest BCUT2D eigenvalue weighted by atomic mass is 16.5. The van der Waals surface area contributed by atoms with Crippen LogP contribution in [0, 0.1) is 5.92 Å². The summed E-state index contributed by atoms with van der Waals surface area (Å²) in [6, 6.07) is 8.13. The molecule has 2 fully saturated rings. The molecule has 3 aliphatic rings. The lowest BCUT2D eigenvalue weighted by Crippen LogP contribution is -2.46. The predicted molar refractivity (Wildman–Crippen MR) is 90.0 cm³/mol. The van der Waals surface area contributed by atoms with E-state index in [2.05, 4.69) is 10.2 Å². The summed E-state index contributed by atoms with van der Waals surface area (Å²) >= 11 is 0. The zero-order valence-electron chi connectivity index (χ0n) is 13.7. The van der Waals surface area contributed by atoms with Crippen molar-refractivity contribution >= 4 is 17.5 Å². The number of amides is 2. The van der Waals surface area contributed by atoms with Gasteiger partial charge < -0.3 is 15.0 Å². The van der Waals surface area contributed by atoms with Crippen LogP contribution in [0.5, 0.6) is 5.75 Å². The first-order valence-electron chi connectivity index (χ1n) is 8.73. The molecule has 0 spiro atoms. The molecule has 0 radical (unpaired) electrons. The van der Waals surface area contributed by atoms with Crippen molar-refractivity contribution < 1.29 is 14.3 Å². The maximum absolute atomic E-state index is 12.3. The number of benzene rings is 1. The Balaban J connectivity index is 1.30. The van der Waals surface area contributed by atoms with Gasteiger partial charge >= 0.3 is 0 Å². The molecule has 4 rings (SSSR count). The van der Waals surface area contributed by atoms with Gasteiger partial charge in [-0.15, -0.1) is 0 Å². The monoisotopic (exact) mass is 329 g/mol. The lowest BCUT2D eigenvalue weighted by Gasteiger charge is -2.28. The summed E-state index contributed by atoms with van der Waals surface area (Å²) < 4.78 is 5.40. The fourth-order valence-electron chi connectivity index (χ4n) is 3.59. The van der Waals surface area contributed by atoms with Crippen LogP contribution in [-0.2, 0) is 9.59 Å². The molecule has 1 N–H and O–H groups in total. The van der Waals surface area contributed by atoms with E-state index in [9.17, 15) is 9.59 Å². The van der Waals surface area contributed by atoms with E-state index in [1.54, 1.807) is 0 Å². The van der Waals surface area contributed by atoms with Crippen LogP contribution in [0.4, 0.5) is 5.69 Å². The maximum Gasteiger partial charge on any atom is 0.265 e. The van der Waals surface area contributed by atoms with Gasteiger partial charge in [0, 0.05) is 19.1 Å². The summed E-state index contributed by atoms with van der Waals surface area (Å²) in [5.74, 6) is 0.901. The van der Waals surface area contributed by atoms with E-state index in [0.717, 1.165) is 25.6 Å². The fourth-order valence-corrected chi connectivity index (χ4v) is 3.59. The molecule has 0 aromatic heterocycles. The Morgan fingerprint density at radius 1 is 1.25 bits per heavy atom. The van der Waals surface area contributed by atoms with Crippen molar-refractivity contribution in [1.82, 2.24) is 10.2 Å². The summed E-state index contributed by atoms with van der Waals surface area (Å²) in [5.41, 5.74) is 0.671. The van der Waals surface area contributed by atoms with Crippen LogP contribution in [0.3, 0.4) is 0 Å². The molecule has 1 aliphatic carbocycles. The Hall–Kier alpha value is -2.08. The molecule has 6 heteroatoms. The normalized spacial score (nSPS) is 23.8. The van der Waals surface area contributed by atoms with Gasteiger partial charge in [-0.2, -0.15) is 0 Å². The van der Waals surface area contributed by atoms with Gasteiger partial charge in [-0.25, -0.2) is 0 Å². The molecule has 24 heavy (non-hydrogen) atoms. The predicted octanol–water partition coefficient (Wildman–Crippen LogP) is 1.01. The van der Waals surface area contributed by atoms with E-state index in [1.165, 1.54) is 17.7 Å². The standard InChI is InChI=1S/C18H23N3O3/c22-17(19-9-13-7-8-20(10-13)14-5-6-14)11-21-15-3-1-2-4-16(15)24-12-18(21)23/h1-4,13-14H,5-12H2,(H,19,22)/t13-/m0/s1. The van der Waals surface area contributed by atoms with Gasteiger partial charge in [0.1, 0.15) is 12.3 Å². The van der Waals surface area contributed by atoms with Crippen LogP contribution < -0.4 is 15.0 Å². The van der Waals surface area contributed by atoms with E-state index in [4.69, 9.17) is 4.74 Å². The van der Waals surface area contributed by atoms with Crippen molar-refractivity contribution in [2.45, 2.75) is 25.3 Å². The molecule has 6 nitrogen and oxygen atoms in total. The highest BCUT2D eigenvalue weighted by Gasteiger charge is 2.34. The summed E-state index contributed by atoms with van der Waals surface area (Å²) in [5, 5.41) is 3.00. The van der Waals surface area contributed by atoms with Crippen LogP contribution >= 0.6 is 0 Å². The first-order valence-corrected chi connectivity index (χ1v) is 8.73. The third kappa shape index (κ3) is 3.24. The van der Waals surface area contributed by atoms with Gasteiger partial charge in [0.2, 0.25) is 5.91 Å². The number of hydrogen-bond acceptors (Lipinski definition) is 4. The summed E-state index contributed by atoms with van der Waals surface area (Å²) in [6.45, 7) is 2.98. The summed E-state index contributed by atoms with van der Waals surface area (Å²) in [7, 11) is 0. The van der Waals surface area contributed by atoms with Crippen LogP contribution in [0.15, 0.2) is 24.3 Å². The minimum atomic E-state index is -0.176. The molecule has 0 unspecified atom stereocenters. The number of likely N-dealkylation sites (tertiary alicyclic amines) is 1. The number of anilines is 1. The Morgan fingerprint density at radius 2 is 2.08 bits per heavy atom. The zero-order valence-corrected chi connectivity index (χ0v) is 13.7. The zero-order chi connectivity index (χ0) is 16.5. The maximum atomic E-state index is 12.3. The highest BCUT2D eigenvalue weighted by Crippen LogP contribution is 2.32. The lowest BCUT2D eigenvalue weighted by molar-refractivity contribution is -0.125. The number of fused-ring (bicyclic) bond motifs is 1. The number of carbonyl (C=O) groups is 2. The van der Waals surface area contributed by atoms with E-state index >= 15 is 0 Å². The molecular weight excluding hydrogens is 306 g/mol. The van der Waals surface area contributed by atoms with Crippen molar-refractivity contribution in [2.24, 2.45) is 5.92 Å². The molecule has 1 saturated carbocycles. The molecule has 2 heterocycles. The second-order valence-corrected chi connectivity index (χ2v) is 6.92. The van der Waals surface area contributed by atoms with Crippen molar-refractivity contribution in [3.05, 3.63) is 24.3 Å². The van der Waals surface area contributed by atoms with Crippen molar-refractivity contribution in [1.29, 1.82) is 0 Å². The third-order valence-corrected chi connectivity index (χ3v) is 5.08. The lowest BCUT2D eigenvalue weighted by atomic mass is 10.1. The molecule has 1 aromatic carbocycles. The van der Waals surface area contributed by atoms with Crippen LogP contribution in [0.2, 0.25) is 0 Å². The molecular formula is C18H23N3O3. The first kappa shape index (κ1) is 15.4. The molecule has 1 aromatic rings. The van der Waals surface area contributed by atoms with Gasteiger partial charge in [-0.3, -0.25) is 14.5 Å². The van der Waals surface area contributed by atoms with E-state index in [1.807, 2.05) is 24.3 Å². The van der Waals surface area contributed by atoms with E-state index in [-0.39, 0.29) is 25.0 Å². The number of para-hydroxylation sites is 2. The van der Waals surface area contributed by atoms with Crippen molar-refractivity contribution in [3.63, 3.8) is 0 Å². The molecule has 1 atom stereocenters. The van der Waals surface area contributed by atoms with E-state index < -0.39 is 0 Å².